The number of carboxylic acid groups (broad SMARTS) is 1. The third-order valence-electron chi connectivity index (χ3n) is 7.72. The van der Waals surface area contributed by atoms with E-state index in [9.17, 15) is 19.8 Å². The zero-order valence-electron chi connectivity index (χ0n) is 21.5. The number of fused-ring (bicyclic) bond motifs is 1. The smallest absolute Gasteiger partial charge is 0.305 e. The number of benzene rings is 3. The van der Waals surface area contributed by atoms with Crippen LogP contribution in [0.1, 0.15) is 64.8 Å². The van der Waals surface area contributed by atoms with Crippen LogP contribution in [0.3, 0.4) is 0 Å². The van der Waals surface area contributed by atoms with Crippen molar-refractivity contribution in [1.82, 2.24) is 4.90 Å². The molecule has 8 heteroatoms. The van der Waals surface area contributed by atoms with Crippen LogP contribution in [0.5, 0.6) is 0 Å². The zero-order valence-corrected chi connectivity index (χ0v) is 23.0. The molecule has 6 nitrogen and oxygen atoms in total. The summed E-state index contributed by atoms with van der Waals surface area (Å²) in [5, 5.41) is 21.1. The Morgan fingerprint density at radius 3 is 2.21 bits per heavy atom. The molecular formula is C31H29Cl2NO5. The predicted molar refractivity (Wildman–Crippen MR) is 151 cm³/mol. The first-order chi connectivity index (χ1) is 18.6. The van der Waals surface area contributed by atoms with Gasteiger partial charge in [0.2, 0.25) is 0 Å². The van der Waals surface area contributed by atoms with E-state index in [1.54, 1.807) is 54.6 Å². The van der Waals surface area contributed by atoms with Gasteiger partial charge in [0.15, 0.2) is 5.72 Å². The Bertz CT molecular complexity index is 1430. The highest BCUT2D eigenvalue weighted by Crippen LogP contribution is 2.53. The van der Waals surface area contributed by atoms with Crippen molar-refractivity contribution in [3.05, 3.63) is 111 Å². The van der Waals surface area contributed by atoms with Crippen LogP contribution >= 0.6 is 23.2 Å². The SMILES string of the molecule is C=C(C)c1ccc2c(c1)C(=O)N(C(CC(=O)O)c1ccc(Cl)cc1)[C@@]2(OCC1(CO)CC1)c1ccc(Cl)cc1. The Hall–Kier alpha value is -3.16. The van der Waals surface area contributed by atoms with Gasteiger partial charge in [-0.2, -0.15) is 0 Å². The average Bonchev–Trinajstić information content (AvgIpc) is 3.66. The van der Waals surface area contributed by atoms with E-state index >= 15 is 0 Å². The summed E-state index contributed by atoms with van der Waals surface area (Å²) in [5.41, 5.74) is 1.94. The van der Waals surface area contributed by atoms with Gasteiger partial charge in [-0.1, -0.05) is 71.8 Å². The van der Waals surface area contributed by atoms with Crippen LogP contribution in [-0.4, -0.2) is 40.2 Å². The molecule has 1 heterocycles. The van der Waals surface area contributed by atoms with E-state index < -0.39 is 23.2 Å². The van der Waals surface area contributed by atoms with Gasteiger partial charge in [-0.15, -0.1) is 0 Å². The Morgan fingerprint density at radius 2 is 1.67 bits per heavy atom. The molecule has 5 rings (SSSR count). The van der Waals surface area contributed by atoms with Crippen LogP contribution < -0.4 is 0 Å². The molecular weight excluding hydrogens is 537 g/mol. The number of hydrogen-bond donors (Lipinski definition) is 2. The number of carbonyl (C=O) groups excluding carboxylic acids is 1. The third-order valence-corrected chi connectivity index (χ3v) is 8.22. The quantitative estimate of drug-likeness (QED) is 0.286. The molecule has 0 spiro atoms. The number of nitrogens with zero attached hydrogens (tertiary/aromatic N) is 1. The van der Waals surface area contributed by atoms with Crippen molar-refractivity contribution in [3.63, 3.8) is 0 Å². The van der Waals surface area contributed by atoms with Crippen LogP contribution in [-0.2, 0) is 15.3 Å². The second-order valence-electron chi connectivity index (χ2n) is 10.5. The molecule has 3 aromatic rings. The molecule has 1 saturated carbocycles. The minimum Gasteiger partial charge on any atom is -0.481 e. The molecule has 2 aliphatic rings. The van der Waals surface area contributed by atoms with E-state index in [2.05, 4.69) is 6.58 Å². The Balaban J connectivity index is 1.78. The van der Waals surface area contributed by atoms with Crippen molar-refractivity contribution in [2.45, 2.75) is 38.0 Å². The standard InChI is InChI=1S/C31H29Cl2NO5/c1-19(2)21-5-12-26-25(15-21)29(38)34(27(16-28(36)37)20-3-8-23(32)9-4-20)31(26,22-6-10-24(33)11-7-22)39-18-30(17-35)13-14-30/h3-12,15,27,35H,1,13-14,16-18H2,2H3,(H,36,37)/t27?,31-/m1/s1. The molecule has 1 unspecified atom stereocenters. The van der Waals surface area contributed by atoms with Gasteiger partial charge in [-0.3, -0.25) is 14.5 Å². The average molecular weight is 566 g/mol. The second-order valence-corrected chi connectivity index (χ2v) is 11.4. The van der Waals surface area contributed by atoms with E-state index in [1.165, 1.54) is 4.90 Å². The summed E-state index contributed by atoms with van der Waals surface area (Å²) in [6.45, 7) is 6.02. The number of hydrogen-bond acceptors (Lipinski definition) is 4. The molecule has 2 N–H and O–H groups in total. The first-order valence-electron chi connectivity index (χ1n) is 12.7. The molecule has 2 atom stereocenters. The molecule has 1 aliphatic carbocycles. The Morgan fingerprint density at radius 1 is 1.05 bits per heavy atom. The molecule has 0 aromatic heterocycles. The Kier molecular flexibility index (Phi) is 7.33. The first-order valence-corrected chi connectivity index (χ1v) is 13.5. The highest BCUT2D eigenvalue weighted by molar-refractivity contribution is 6.30. The van der Waals surface area contributed by atoms with Crippen LogP contribution in [0.2, 0.25) is 10.0 Å². The lowest BCUT2D eigenvalue weighted by Gasteiger charge is -2.44. The summed E-state index contributed by atoms with van der Waals surface area (Å²) in [4.78, 5) is 28.2. The van der Waals surface area contributed by atoms with E-state index in [-0.39, 0.29) is 25.5 Å². The molecule has 39 heavy (non-hydrogen) atoms. The number of ether oxygens (including phenoxy) is 1. The normalized spacial score (nSPS) is 20.0. The van der Waals surface area contributed by atoms with Crippen LogP contribution in [0.15, 0.2) is 73.3 Å². The number of amides is 1. The highest BCUT2D eigenvalue weighted by atomic mass is 35.5. The van der Waals surface area contributed by atoms with Gasteiger partial charge in [0.25, 0.3) is 5.91 Å². The number of allylic oxidation sites excluding steroid dienone is 1. The van der Waals surface area contributed by atoms with E-state index in [0.717, 1.165) is 24.0 Å². The summed E-state index contributed by atoms with van der Waals surface area (Å²) < 4.78 is 6.81. The maximum Gasteiger partial charge on any atom is 0.305 e. The van der Waals surface area contributed by atoms with E-state index in [1.807, 2.05) is 19.1 Å². The largest absolute Gasteiger partial charge is 0.481 e. The van der Waals surface area contributed by atoms with E-state index in [4.69, 9.17) is 27.9 Å². The van der Waals surface area contributed by atoms with Crippen molar-refractivity contribution in [2.24, 2.45) is 5.41 Å². The minimum atomic E-state index is -1.48. The second kappa shape index (κ2) is 10.4. The number of aliphatic hydroxyl groups is 1. The summed E-state index contributed by atoms with van der Waals surface area (Å²) in [7, 11) is 0. The van der Waals surface area contributed by atoms with Crippen molar-refractivity contribution in [2.75, 3.05) is 13.2 Å². The van der Waals surface area contributed by atoms with Crippen LogP contribution in [0, 0.1) is 5.41 Å². The molecule has 3 aromatic carbocycles. The van der Waals surface area contributed by atoms with Crippen molar-refractivity contribution in [3.8, 4) is 0 Å². The van der Waals surface area contributed by atoms with Gasteiger partial charge >= 0.3 is 5.97 Å². The topological polar surface area (TPSA) is 87.1 Å². The van der Waals surface area contributed by atoms with Gasteiger partial charge in [0.1, 0.15) is 0 Å². The summed E-state index contributed by atoms with van der Waals surface area (Å²) in [6.07, 6.45) is 1.23. The number of aliphatic carboxylic acids is 1. The highest BCUT2D eigenvalue weighted by Gasteiger charge is 2.57. The predicted octanol–water partition coefficient (Wildman–Crippen LogP) is 6.69. The fourth-order valence-corrected chi connectivity index (χ4v) is 5.49. The monoisotopic (exact) mass is 565 g/mol. The van der Waals surface area contributed by atoms with Gasteiger partial charge in [-0.25, -0.2) is 0 Å². The molecule has 0 radical (unpaired) electrons. The molecule has 202 valence electrons. The molecule has 1 amide bonds. The third kappa shape index (κ3) is 4.98. The number of halogens is 2. The maximum absolute atomic E-state index is 14.4. The van der Waals surface area contributed by atoms with Gasteiger partial charge in [0.05, 0.1) is 25.7 Å². The molecule has 0 bridgehead atoms. The lowest BCUT2D eigenvalue weighted by atomic mass is 9.89. The molecule has 0 saturated heterocycles. The fraction of sp³-hybridized carbons (Fsp3) is 0.290. The molecule has 1 aliphatic heterocycles. The number of carbonyl (C=O) groups is 2. The minimum absolute atomic E-state index is 0.0468. The lowest BCUT2D eigenvalue weighted by Crippen LogP contribution is -2.50. The van der Waals surface area contributed by atoms with Crippen molar-refractivity contribution in [1.29, 1.82) is 0 Å². The van der Waals surface area contributed by atoms with Gasteiger partial charge in [-0.05, 0) is 61.2 Å². The molecule has 1 fully saturated rings. The number of rotatable bonds is 10. The Labute approximate surface area is 237 Å². The van der Waals surface area contributed by atoms with Crippen molar-refractivity contribution >= 4 is 40.7 Å². The summed E-state index contributed by atoms with van der Waals surface area (Å²) in [5.74, 6) is -1.43. The number of carboxylic acids is 1. The van der Waals surface area contributed by atoms with Gasteiger partial charge < -0.3 is 14.9 Å². The van der Waals surface area contributed by atoms with Crippen molar-refractivity contribution < 1.29 is 24.5 Å². The van der Waals surface area contributed by atoms with Crippen LogP contribution in [0.25, 0.3) is 5.57 Å². The van der Waals surface area contributed by atoms with Crippen LogP contribution in [0.4, 0.5) is 0 Å². The number of aliphatic hydroxyl groups excluding tert-OH is 1. The maximum atomic E-state index is 14.4. The zero-order chi connectivity index (χ0) is 27.9. The van der Waals surface area contributed by atoms with E-state index in [0.29, 0.717) is 32.3 Å². The summed E-state index contributed by atoms with van der Waals surface area (Å²) >= 11 is 12.4. The summed E-state index contributed by atoms with van der Waals surface area (Å²) in [6, 6.07) is 18.5. The first kappa shape index (κ1) is 27.4. The lowest BCUT2D eigenvalue weighted by molar-refractivity contribution is -0.150. The van der Waals surface area contributed by atoms with Gasteiger partial charge in [0, 0.05) is 32.2 Å². The fourth-order valence-electron chi connectivity index (χ4n) is 5.24.